The van der Waals surface area contributed by atoms with Crippen LogP contribution in [-0.2, 0) is 4.79 Å². The number of rotatable bonds is 3. The van der Waals surface area contributed by atoms with E-state index < -0.39 is 0 Å². The second-order valence-electron chi connectivity index (χ2n) is 8.13. The van der Waals surface area contributed by atoms with Crippen LogP contribution in [0.4, 0.5) is 5.69 Å². The fourth-order valence-corrected chi connectivity index (χ4v) is 3.88. The minimum absolute atomic E-state index is 0.0392. The zero-order valence-corrected chi connectivity index (χ0v) is 16.1. The van der Waals surface area contributed by atoms with Gasteiger partial charge >= 0.3 is 0 Å². The lowest BCUT2D eigenvalue weighted by molar-refractivity contribution is -0.122. The van der Waals surface area contributed by atoms with Gasteiger partial charge in [-0.05, 0) is 56.7 Å². The number of likely N-dealkylation sites (tertiary alicyclic amines) is 1. The van der Waals surface area contributed by atoms with Crippen LogP contribution in [0.5, 0.6) is 0 Å². The number of pyridine rings is 1. The standard InChI is InChI=1S/C22H27N3O2/c1-14-8-10-25(11-9-14)22(27)19-12-17(24-21(26)16-4-3-5-16)13-20-18(19)7-6-15(2)23-20/h6-7,12-14,16H,3-5,8-11H2,1-2H3,(H,24,26). The fourth-order valence-electron chi connectivity index (χ4n) is 3.88. The molecule has 5 nitrogen and oxygen atoms in total. The maximum Gasteiger partial charge on any atom is 0.254 e. The number of carbonyl (C=O) groups excluding carboxylic acids is 2. The largest absolute Gasteiger partial charge is 0.339 e. The number of hydrogen-bond acceptors (Lipinski definition) is 3. The first-order valence-electron chi connectivity index (χ1n) is 10.0. The number of piperidine rings is 1. The predicted octanol–water partition coefficient (Wildman–Crippen LogP) is 4.15. The molecule has 2 fully saturated rings. The molecule has 0 spiro atoms. The molecule has 1 saturated carbocycles. The average Bonchev–Trinajstić information content (AvgIpc) is 2.59. The molecule has 1 aliphatic carbocycles. The number of hydrogen-bond donors (Lipinski definition) is 1. The van der Waals surface area contributed by atoms with Crippen molar-refractivity contribution in [2.45, 2.75) is 46.0 Å². The molecule has 0 bridgehead atoms. The molecule has 0 radical (unpaired) electrons. The van der Waals surface area contributed by atoms with Crippen LogP contribution in [0.3, 0.4) is 0 Å². The van der Waals surface area contributed by atoms with Gasteiger partial charge in [0.15, 0.2) is 0 Å². The second-order valence-corrected chi connectivity index (χ2v) is 8.13. The number of aryl methyl sites for hydroxylation is 1. The number of carbonyl (C=O) groups is 2. The molecule has 1 aromatic carbocycles. The van der Waals surface area contributed by atoms with E-state index in [0.717, 1.165) is 61.8 Å². The van der Waals surface area contributed by atoms with Gasteiger partial charge in [-0.1, -0.05) is 19.4 Å². The van der Waals surface area contributed by atoms with Crippen molar-refractivity contribution in [2.75, 3.05) is 18.4 Å². The van der Waals surface area contributed by atoms with Crippen LogP contribution in [0, 0.1) is 18.8 Å². The maximum absolute atomic E-state index is 13.2. The highest BCUT2D eigenvalue weighted by molar-refractivity contribution is 6.08. The van der Waals surface area contributed by atoms with Crippen molar-refractivity contribution >= 4 is 28.4 Å². The molecule has 0 atom stereocenters. The molecule has 2 heterocycles. The third-order valence-electron chi connectivity index (χ3n) is 5.99. The molecule has 0 unspecified atom stereocenters. The number of aromatic nitrogens is 1. The summed E-state index contributed by atoms with van der Waals surface area (Å²) < 4.78 is 0. The quantitative estimate of drug-likeness (QED) is 0.889. The minimum atomic E-state index is 0.0392. The molecule has 5 heteroatoms. The maximum atomic E-state index is 13.2. The summed E-state index contributed by atoms with van der Waals surface area (Å²) in [6.07, 6.45) is 5.11. The number of fused-ring (bicyclic) bond motifs is 1. The topological polar surface area (TPSA) is 62.3 Å². The Morgan fingerprint density at radius 1 is 1.11 bits per heavy atom. The number of anilines is 1. The van der Waals surface area contributed by atoms with Crippen molar-refractivity contribution in [3.63, 3.8) is 0 Å². The van der Waals surface area contributed by atoms with E-state index in [4.69, 9.17) is 0 Å². The summed E-state index contributed by atoms with van der Waals surface area (Å²) in [4.78, 5) is 32.2. The fraction of sp³-hybridized carbons (Fsp3) is 0.500. The Bertz CT molecular complexity index is 881. The first kappa shape index (κ1) is 18.0. The van der Waals surface area contributed by atoms with Crippen molar-refractivity contribution in [1.82, 2.24) is 9.88 Å². The van der Waals surface area contributed by atoms with E-state index in [1.807, 2.05) is 36.1 Å². The predicted molar refractivity (Wildman–Crippen MR) is 107 cm³/mol. The van der Waals surface area contributed by atoms with Crippen molar-refractivity contribution in [3.05, 3.63) is 35.5 Å². The lowest BCUT2D eigenvalue weighted by Gasteiger charge is -2.31. The molecule has 1 N–H and O–H groups in total. The van der Waals surface area contributed by atoms with Gasteiger partial charge in [-0.3, -0.25) is 14.6 Å². The van der Waals surface area contributed by atoms with Gasteiger partial charge in [0.1, 0.15) is 0 Å². The highest BCUT2D eigenvalue weighted by Crippen LogP contribution is 2.30. The van der Waals surface area contributed by atoms with Crippen molar-refractivity contribution in [1.29, 1.82) is 0 Å². The van der Waals surface area contributed by atoms with Crippen LogP contribution in [0.15, 0.2) is 24.3 Å². The van der Waals surface area contributed by atoms with E-state index in [0.29, 0.717) is 17.2 Å². The van der Waals surface area contributed by atoms with Gasteiger partial charge in [0.2, 0.25) is 5.91 Å². The Kier molecular flexibility index (Phi) is 4.85. The summed E-state index contributed by atoms with van der Waals surface area (Å²) in [6.45, 7) is 5.76. The van der Waals surface area contributed by atoms with E-state index in [1.165, 1.54) is 0 Å². The zero-order chi connectivity index (χ0) is 19.0. The third-order valence-corrected chi connectivity index (χ3v) is 5.99. The van der Waals surface area contributed by atoms with Crippen molar-refractivity contribution < 1.29 is 9.59 Å². The van der Waals surface area contributed by atoms with Gasteiger partial charge in [-0.15, -0.1) is 0 Å². The monoisotopic (exact) mass is 365 g/mol. The number of amides is 2. The van der Waals surface area contributed by atoms with Crippen LogP contribution in [-0.4, -0.2) is 34.8 Å². The molecule has 2 aliphatic rings. The summed E-state index contributed by atoms with van der Waals surface area (Å²) in [6, 6.07) is 7.61. The van der Waals surface area contributed by atoms with Gasteiger partial charge in [0, 0.05) is 35.8 Å². The van der Waals surface area contributed by atoms with Gasteiger partial charge in [0.05, 0.1) is 11.1 Å². The summed E-state index contributed by atoms with van der Waals surface area (Å²) in [5, 5.41) is 3.86. The van der Waals surface area contributed by atoms with Crippen LogP contribution < -0.4 is 5.32 Å². The Hall–Kier alpha value is -2.43. The molecule has 1 aliphatic heterocycles. The normalized spacial score (nSPS) is 18.4. The summed E-state index contributed by atoms with van der Waals surface area (Å²) in [7, 11) is 0. The molecule has 4 rings (SSSR count). The molecular formula is C22H27N3O2. The SMILES string of the molecule is Cc1ccc2c(C(=O)N3CCC(C)CC3)cc(NC(=O)C3CCC3)cc2n1. The van der Waals surface area contributed by atoms with Gasteiger partial charge < -0.3 is 10.2 Å². The zero-order valence-electron chi connectivity index (χ0n) is 16.1. The molecular weight excluding hydrogens is 338 g/mol. The smallest absolute Gasteiger partial charge is 0.254 e. The average molecular weight is 365 g/mol. The van der Waals surface area contributed by atoms with Crippen LogP contribution in [0.25, 0.3) is 10.9 Å². The third kappa shape index (κ3) is 3.68. The molecule has 142 valence electrons. The molecule has 27 heavy (non-hydrogen) atoms. The summed E-state index contributed by atoms with van der Waals surface area (Å²) in [5.74, 6) is 0.868. The van der Waals surface area contributed by atoms with Gasteiger partial charge in [0.25, 0.3) is 5.91 Å². The Morgan fingerprint density at radius 2 is 1.85 bits per heavy atom. The van der Waals surface area contributed by atoms with E-state index in [1.54, 1.807) is 0 Å². The minimum Gasteiger partial charge on any atom is -0.339 e. The number of nitrogens with one attached hydrogen (secondary N) is 1. The Morgan fingerprint density at radius 3 is 2.52 bits per heavy atom. The van der Waals surface area contributed by atoms with E-state index in [-0.39, 0.29) is 17.7 Å². The highest BCUT2D eigenvalue weighted by Gasteiger charge is 2.27. The Balaban J connectivity index is 1.68. The van der Waals surface area contributed by atoms with Gasteiger partial charge in [-0.25, -0.2) is 0 Å². The second kappa shape index (κ2) is 7.29. The van der Waals surface area contributed by atoms with Crippen LogP contribution in [0.2, 0.25) is 0 Å². The lowest BCUT2D eigenvalue weighted by atomic mass is 9.85. The first-order valence-corrected chi connectivity index (χ1v) is 10.0. The van der Waals surface area contributed by atoms with Gasteiger partial charge in [-0.2, -0.15) is 0 Å². The highest BCUT2D eigenvalue weighted by atomic mass is 16.2. The van der Waals surface area contributed by atoms with Crippen LogP contribution >= 0.6 is 0 Å². The summed E-state index contributed by atoms with van der Waals surface area (Å²) >= 11 is 0. The Labute approximate surface area is 160 Å². The van der Waals surface area contributed by atoms with Crippen molar-refractivity contribution in [3.8, 4) is 0 Å². The lowest BCUT2D eigenvalue weighted by Crippen LogP contribution is -2.38. The van der Waals surface area contributed by atoms with Crippen molar-refractivity contribution in [2.24, 2.45) is 11.8 Å². The van der Waals surface area contributed by atoms with Crippen LogP contribution in [0.1, 0.15) is 55.1 Å². The van der Waals surface area contributed by atoms with E-state index in [2.05, 4.69) is 17.2 Å². The molecule has 2 aromatic rings. The number of benzene rings is 1. The van der Waals surface area contributed by atoms with E-state index in [9.17, 15) is 9.59 Å². The molecule has 2 amide bonds. The molecule has 1 aromatic heterocycles. The first-order chi connectivity index (χ1) is 13.0. The molecule has 1 saturated heterocycles. The summed E-state index contributed by atoms with van der Waals surface area (Å²) in [5.41, 5.74) is 2.97. The number of nitrogens with zero attached hydrogens (tertiary/aromatic N) is 2. The van der Waals surface area contributed by atoms with E-state index >= 15 is 0 Å².